The first-order valence-electron chi connectivity index (χ1n) is 9.19. The first-order chi connectivity index (χ1) is 11.7. The summed E-state index contributed by atoms with van der Waals surface area (Å²) >= 11 is 1.74. The van der Waals surface area contributed by atoms with Crippen molar-refractivity contribution in [3.05, 3.63) is 28.7 Å². The van der Waals surface area contributed by atoms with Gasteiger partial charge in [0, 0.05) is 37.1 Å². The second kappa shape index (κ2) is 6.60. The molecule has 1 aromatic rings. The molecule has 24 heavy (non-hydrogen) atoms. The number of carbonyl (C=O) groups excluding carboxylic acids is 1. The summed E-state index contributed by atoms with van der Waals surface area (Å²) in [5.74, 6) is 0.862. The molecular formula is C19H27N3OS. The lowest BCUT2D eigenvalue weighted by Crippen LogP contribution is -2.41. The van der Waals surface area contributed by atoms with Crippen molar-refractivity contribution in [1.82, 2.24) is 14.8 Å². The summed E-state index contributed by atoms with van der Waals surface area (Å²) in [6.45, 7) is 2.87. The topological polar surface area (TPSA) is 36.4 Å². The lowest BCUT2D eigenvalue weighted by Gasteiger charge is -2.34. The highest BCUT2D eigenvalue weighted by molar-refractivity contribution is 7.09. The summed E-state index contributed by atoms with van der Waals surface area (Å²) in [6, 6.07) is 0.677. The zero-order valence-electron chi connectivity index (χ0n) is 14.5. The molecule has 5 heteroatoms. The van der Waals surface area contributed by atoms with E-state index in [9.17, 15) is 4.79 Å². The van der Waals surface area contributed by atoms with E-state index < -0.39 is 0 Å². The molecule has 0 N–H and O–H groups in total. The van der Waals surface area contributed by atoms with Crippen molar-refractivity contribution in [3.8, 4) is 0 Å². The minimum atomic E-state index is 0.370. The first kappa shape index (κ1) is 16.3. The van der Waals surface area contributed by atoms with Crippen molar-refractivity contribution in [3.63, 3.8) is 0 Å². The lowest BCUT2D eigenvalue weighted by molar-refractivity contribution is -0.133. The van der Waals surface area contributed by atoms with E-state index in [2.05, 4.69) is 39.4 Å². The summed E-state index contributed by atoms with van der Waals surface area (Å²) in [6.07, 6.45) is 13.0. The number of rotatable bonds is 5. The predicted molar refractivity (Wildman–Crippen MR) is 96.7 cm³/mol. The third kappa shape index (κ3) is 3.29. The van der Waals surface area contributed by atoms with E-state index in [1.165, 1.54) is 24.3 Å². The van der Waals surface area contributed by atoms with Crippen molar-refractivity contribution < 1.29 is 4.79 Å². The summed E-state index contributed by atoms with van der Waals surface area (Å²) in [5, 5.41) is 3.26. The molecule has 1 saturated heterocycles. The molecular weight excluding hydrogens is 318 g/mol. The summed E-state index contributed by atoms with van der Waals surface area (Å²) in [5.41, 5.74) is 0.468. The SMILES string of the molecule is CN(Cc1nccs1)[C@H]1CC12CCN(C(=O)C[C@@H]1C=CCC1)CC2. The van der Waals surface area contributed by atoms with E-state index in [0.29, 0.717) is 23.3 Å². The molecule has 0 radical (unpaired) electrons. The van der Waals surface area contributed by atoms with Gasteiger partial charge in [-0.3, -0.25) is 9.69 Å². The molecule has 2 atom stereocenters. The predicted octanol–water partition coefficient (Wildman–Crippen LogP) is 3.31. The van der Waals surface area contributed by atoms with Crippen LogP contribution in [0.2, 0.25) is 0 Å². The van der Waals surface area contributed by atoms with Gasteiger partial charge in [-0.1, -0.05) is 12.2 Å². The van der Waals surface area contributed by atoms with Crippen LogP contribution < -0.4 is 0 Å². The largest absolute Gasteiger partial charge is 0.343 e. The molecule has 0 aromatic carbocycles. The van der Waals surface area contributed by atoms with Crippen LogP contribution in [0, 0.1) is 11.3 Å². The Morgan fingerprint density at radius 3 is 2.96 bits per heavy atom. The Kier molecular flexibility index (Phi) is 4.48. The molecule has 1 aliphatic heterocycles. The van der Waals surface area contributed by atoms with Crippen LogP contribution in [0.3, 0.4) is 0 Å². The van der Waals surface area contributed by atoms with Gasteiger partial charge in [-0.05, 0) is 50.5 Å². The van der Waals surface area contributed by atoms with Crippen LogP contribution in [-0.4, -0.2) is 46.9 Å². The number of allylic oxidation sites excluding steroid dienone is 2. The number of thiazole rings is 1. The monoisotopic (exact) mass is 345 g/mol. The fourth-order valence-electron chi connectivity index (χ4n) is 4.56. The van der Waals surface area contributed by atoms with E-state index in [1.807, 2.05) is 6.20 Å². The van der Waals surface area contributed by atoms with Crippen molar-refractivity contribution in [2.75, 3.05) is 20.1 Å². The van der Waals surface area contributed by atoms with E-state index in [0.717, 1.165) is 38.9 Å². The molecule has 1 amide bonds. The van der Waals surface area contributed by atoms with Gasteiger partial charge in [0.15, 0.2) is 0 Å². The Labute approximate surface area is 148 Å². The zero-order chi connectivity index (χ0) is 16.6. The van der Waals surface area contributed by atoms with E-state index in [4.69, 9.17) is 0 Å². The highest BCUT2D eigenvalue weighted by atomic mass is 32.1. The van der Waals surface area contributed by atoms with E-state index in [1.54, 1.807) is 11.3 Å². The average Bonchev–Trinajstić information content (AvgIpc) is 2.99. The molecule has 1 aromatic heterocycles. The minimum absolute atomic E-state index is 0.370. The van der Waals surface area contributed by atoms with Gasteiger partial charge in [0.05, 0.1) is 6.54 Å². The molecule has 2 heterocycles. The van der Waals surface area contributed by atoms with Gasteiger partial charge in [0.1, 0.15) is 5.01 Å². The first-order valence-corrected chi connectivity index (χ1v) is 10.1. The number of carbonyl (C=O) groups is 1. The Morgan fingerprint density at radius 1 is 1.46 bits per heavy atom. The maximum absolute atomic E-state index is 12.5. The van der Waals surface area contributed by atoms with Crippen LogP contribution in [0.5, 0.6) is 0 Å². The molecule has 2 aliphatic carbocycles. The Morgan fingerprint density at radius 2 is 2.29 bits per heavy atom. The summed E-state index contributed by atoms with van der Waals surface area (Å²) in [4.78, 5) is 21.5. The number of piperidine rings is 1. The normalized spacial score (nSPS) is 28.0. The molecule has 0 bridgehead atoms. The third-order valence-electron chi connectivity index (χ3n) is 6.21. The summed E-state index contributed by atoms with van der Waals surface area (Å²) < 4.78 is 0. The van der Waals surface area contributed by atoms with Crippen molar-refractivity contribution in [2.24, 2.45) is 11.3 Å². The number of hydrogen-bond acceptors (Lipinski definition) is 4. The van der Waals surface area contributed by atoms with E-state index >= 15 is 0 Å². The zero-order valence-corrected chi connectivity index (χ0v) is 15.3. The summed E-state index contributed by atoms with van der Waals surface area (Å²) in [7, 11) is 2.23. The maximum Gasteiger partial charge on any atom is 0.223 e. The van der Waals surface area contributed by atoms with Crippen LogP contribution in [0.1, 0.15) is 43.5 Å². The number of nitrogens with zero attached hydrogens (tertiary/aromatic N) is 3. The molecule has 3 aliphatic rings. The average molecular weight is 346 g/mol. The lowest BCUT2D eigenvalue weighted by atomic mass is 9.91. The van der Waals surface area contributed by atoms with Gasteiger partial charge < -0.3 is 4.90 Å². The number of likely N-dealkylation sites (tertiary alicyclic amines) is 1. The smallest absolute Gasteiger partial charge is 0.223 e. The molecule has 4 rings (SSSR count). The highest BCUT2D eigenvalue weighted by Crippen LogP contribution is 2.56. The van der Waals surface area contributed by atoms with Crippen LogP contribution >= 0.6 is 11.3 Å². The molecule has 1 saturated carbocycles. The standard InChI is InChI=1S/C19H27N3OS/c1-21(14-17-20-8-11-24-17)16-13-19(16)6-9-22(10-7-19)18(23)12-15-4-2-3-5-15/h2,4,8,11,15-16H,3,5-7,9-10,12-14H2,1H3/t15-,16+/m1/s1. The quantitative estimate of drug-likeness (QED) is 0.768. The second-order valence-corrected chi connectivity index (χ2v) is 8.75. The van der Waals surface area contributed by atoms with Crippen LogP contribution in [0.4, 0.5) is 0 Å². The third-order valence-corrected chi connectivity index (χ3v) is 6.97. The van der Waals surface area contributed by atoms with Gasteiger partial charge in [-0.2, -0.15) is 0 Å². The van der Waals surface area contributed by atoms with Crippen LogP contribution in [0.25, 0.3) is 0 Å². The van der Waals surface area contributed by atoms with E-state index in [-0.39, 0.29) is 0 Å². The molecule has 4 nitrogen and oxygen atoms in total. The van der Waals surface area contributed by atoms with Crippen molar-refractivity contribution in [2.45, 2.75) is 51.1 Å². The minimum Gasteiger partial charge on any atom is -0.343 e. The fraction of sp³-hybridized carbons (Fsp3) is 0.684. The van der Waals surface area contributed by atoms with Crippen LogP contribution in [0.15, 0.2) is 23.7 Å². The molecule has 1 spiro atoms. The fourth-order valence-corrected chi connectivity index (χ4v) is 5.24. The van der Waals surface area contributed by atoms with Gasteiger partial charge >= 0.3 is 0 Å². The highest BCUT2D eigenvalue weighted by Gasteiger charge is 2.56. The Balaban J connectivity index is 1.26. The number of hydrogen-bond donors (Lipinski definition) is 0. The molecule has 0 unspecified atom stereocenters. The van der Waals surface area contributed by atoms with Gasteiger partial charge in [-0.25, -0.2) is 4.98 Å². The number of amides is 1. The Bertz CT molecular complexity index is 604. The number of aromatic nitrogens is 1. The van der Waals surface area contributed by atoms with Gasteiger partial charge in [0.2, 0.25) is 5.91 Å². The maximum atomic E-state index is 12.5. The molecule has 130 valence electrons. The van der Waals surface area contributed by atoms with Crippen molar-refractivity contribution >= 4 is 17.2 Å². The van der Waals surface area contributed by atoms with Crippen molar-refractivity contribution in [1.29, 1.82) is 0 Å². The van der Waals surface area contributed by atoms with Gasteiger partial charge in [0.25, 0.3) is 0 Å². The molecule has 2 fully saturated rings. The van der Waals surface area contributed by atoms with Gasteiger partial charge in [-0.15, -0.1) is 11.3 Å². The Hall–Kier alpha value is -1.20. The van der Waals surface area contributed by atoms with Crippen LogP contribution in [-0.2, 0) is 11.3 Å². The second-order valence-electron chi connectivity index (χ2n) is 7.77.